The Labute approximate surface area is 155 Å². The molecule has 0 amide bonds. The SMILES string of the molecule is C=C/C=C(\C=C/N)c1cc(O)n2nc(O)c(Cc3ccccc3Cl)c2n1. The molecule has 7 heteroatoms. The van der Waals surface area contributed by atoms with Crippen LogP contribution in [0.4, 0.5) is 0 Å². The average Bonchev–Trinajstić information content (AvgIpc) is 2.93. The molecule has 26 heavy (non-hydrogen) atoms. The zero-order chi connectivity index (χ0) is 18.7. The minimum atomic E-state index is -0.214. The van der Waals surface area contributed by atoms with Gasteiger partial charge in [-0.2, -0.15) is 4.52 Å². The number of nitrogens with zero attached hydrogens (tertiary/aromatic N) is 3. The van der Waals surface area contributed by atoms with E-state index in [1.54, 1.807) is 24.3 Å². The summed E-state index contributed by atoms with van der Waals surface area (Å²) in [5.41, 5.74) is 8.22. The van der Waals surface area contributed by atoms with Gasteiger partial charge in [-0.3, -0.25) is 0 Å². The van der Waals surface area contributed by atoms with Crippen LogP contribution in [0.5, 0.6) is 11.8 Å². The molecule has 4 N–H and O–H groups in total. The molecule has 0 radical (unpaired) electrons. The first-order valence-corrected chi connectivity index (χ1v) is 8.18. The zero-order valence-electron chi connectivity index (χ0n) is 13.8. The number of aromatic nitrogens is 3. The summed E-state index contributed by atoms with van der Waals surface area (Å²) in [6.45, 7) is 3.67. The second-order valence-electron chi connectivity index (χ2n) is 5.52. The predicted molar refractivity (Wildman–Crippen MR) is 102 cm³/mol. The minimum Gasteiger partial charge on any atom is -0.493 e. The van der Waals surface area contributed by atoms with Crippen molar-refractivity contribution in [3.05, 3.63) is 83.2 Å². The Morgan fingerprint density at radius 3 is 2.77 bits per heavy atom. The van der Waals surface area contributed by atoms with Crippen LogP contribution in [0.25, 0.3) is 11.2 Å². The van der Waals surface area contributed by atoms with Crippen molar-refractivity contribution < 1.29 is 10.2 Å². The average molecular weight is 369 g/mol. The highest BCUT2D eigenvalue weighted by molar-refractivity contribution is 6.31. The van der Waals surface area contributed by atoms with Gasteiger partial charge in [0, 0.05) is 23.1 Å². The van der Waals surface area contributed by atoms with E-state index in [4.69, 9.17) is 17.3 Å². The van der Waals surface area contributed by atoms with Crippen LogP contribution in [-0.2, 0) is 6.42 Å². The molecule has 0 unspecified atom stereocenters. The number of fused-ring (bicyclic) bond motifs is 1. The number of hydrogen-bond donors (Lipinski definition) is 3. The highest BCUT2D eigenvalue weighted by Crippen LogP contribution is 2.30. The molecule has 2 heterocycles. The molecule has 3 rings (SSSR count). The van der Waals surface area contributed by atoms with Crippen LogP contribution in [0, 0.1) is 0 Å². The summed E-state index contributed by atoms with van der Waals surface area (Å²) in [5, 5.41) is 25.1. The van der Waals surface area contributed by atoms with Crippen molar-refractivity contribution in [3.63, 3.8) is 0 Å². The normalized spacial score (nSPS) is 12.1. The van der Waals surface area contributed by atoms with Gasteiger partial charge in [-0.25, -0.2) is 4.98 Å². The van der Waals surface area contributed by atoms with E-state index < -0.39 is 0 Å². The Bertz CT molecular complexity index is 1040. The molecule has 0 atom stereocenters. The van der Waals surface area contributed by atoms with E-state index in [1.165, 1.54) is 16.8 Å². The van der Waals surface area contributed by atoms with Crippen LogP contribution in [0.1, 0.15) is 16.8 Å². The monoisotopic (exact) mass is 368 g/mol. The van der Waals surface area contributed by atoms with Crippen LogP contribution >= 0.6 is 11.6 Å². The van der Waals surface area contributed by atoms with Crippen LogP contribution in [-0.4, -0.2) is 24.8 Å². The molecule has 2 aromatic heterocycles. The molecular formula is C19H17ClN4O2. The number of allylic oxidation sites excluding steroid dienone is 4. The van der Waals surface area contributed by atoms with Crippen LogP contribution in [0.2, 0.25) is 5.02 Å². The maximum Gasteiger partial charge on any atom is 0.236 e. The van der Waals surface area contributed by atoms with Crippen molar-refractivity contribution in [2.24, 2.45) is 5.73 Å². The predicted octanol–water partition coefficient (Wildman–Crippen LogP) is 3.43. The fraction of sp³-hybridized carbons (Fsp3) is 0.0526. The minimum absolute atomic E-state index is 0.161. The number of rotatable bonds is 5. The highest BCUT2D eigenvalue weighted by Gasteiger charge is 2.18. The van der Waals surface area contributed by atoms with Crippen molar-refractivity contribution in [3.8, 4) is 11.8 Å². The van der Waals surface area contributed by atoms with Gasteiger partial charge in [-0.05, 0) is 23.9 Å². The summed E-state index contributed by atoms with van der Waals surface area (Å²) in [6, 6.07) is 8.75. The van der Waals surface area contributed by atoms with Gasteiger partial charge in [0.15, 0.2) is 5.65 Å². The molecule has 0 aliphatic carbocycles. The van der Waals surface area contributed by atoms with Gasteiger partial charge >= 0.3 is 0 Å². The second kappa shape index (κ2) is 7.33. The molecule has 1 aromatic carbocycles. The van der Waals surface area contributed by atoms with Gasteiger partial charge in [0.25, 0.3) is 0 Å². The van der Waals surface area contributed by atoms with Gasteiger partial charge < -0.3 is 15.9 Å². The second-order valence-corrected chi connectivity index (χ2v) is 5.93. The Morgan fingerprint density at radius 1 is 1.31 bits per heavy atom. The first-order chi connectivity index (χ1) is 12.5. The lowest BCUT2D eigenvalue weighted by Gasteiger charge is -2.06. The largest absolute Gasteiger partial charge is 0.493 e. The third-order valence-corrected chi connectivity index (χ3v) is 4.21. The fourth-order valence-electron chi connectivity index (χ4n) is 2.63. The number of benzene rings is 1. The number of halogens is 1. The smallest absolute Gasteiger partial charge is 0.236 e. The molecule has 0 saturated heterocycles. The summed E-state index contributed by atoms with van der Waals surface area (Å²) in [7, 11) is 0. The lowest BCUT2D eigenvalue weighted by atomic mass is 10.1. The quantitative estimate of drug-likeness (QED) is 0.599. The third-order valence-electron chi connectivity index (χ3n) is 3.84. The van der Waals surface area contributed by atoms with E-state index in [0.29, 0.717) is 33.9 Å². The summed E-state index contributed by atoms with van der Waals surface area (Å²) < 4.78 is 1.18. The molecule has 0 bridgehead atoms. The van der Waals surface area contributed by atoms with Gasteiger partial charge in [0.2, 0.25) is 11.8 Å². The molecule has 0 fully saturated rings. The van der Waals surface area contributed by atoms with Crippen molar-refractivity contribution in [1.29, 1.82) is 0 Å². The standard InChI is InChI=1S/C19H17ClN4O2/c1-2-5-12(8-9-21)16-11-17(25)24-18(22-16)14(19(26)23-24)10-13-6-3-4-7-15(13)20/h2-9,11,25H,1,10,21H2,(H,23,26)/b9-8-,12-5+. The lowest BCUT2D eigenvalue weighted by Crippen LogP contribution is -1.98. The fourth-order valence-corrected chi connectivity index (χ4v) is 2.83. The maximum absolute atomic E-state index is 10.3. The molecular weight excluding hydrogens is 352 g/mol. The molecule has 6 nitrogen and oxygen atoms in total. The summed E-state index contributed by atoms with van der Waals surface area (Å²) >= 11 is 6.22. The van der Waals surface area contributed by atoms with E-state index in [0.717, 1.165) is 5.56 Å². The number of aromatic hydroxyl groups is 2. The zero-order valence-corrected chi connectivity index (χ0v) is 14.6. The highest BCUT2D eigenvalue weighted by atomic mass is 35.5. The number of nitrogens with two attached hydrogens (primary N) is 1. The van der Waals surface area contributed by atoms with Crippen LogP contribution < -0.4 is 5.73 Å². The van der Waals surface area contributed by atoms with Crippen LogP contribution in [0.15, 0.2) is 61.3 Å². The van der Waals surface area contributed by atoms with E-state index >= 15 is 0 Å². The van der Waals surface area contributed by atoms with Crippen molar-refractivity contribution >= 4 is 22.8 Å². The molecule has 0 aliphatic rings. The van der Waals surface area contributed by atoms with Crippen molar-refractivity contribution in [2.75, 3.05) is 0 Å². The van der Waals surface area contributed by atoms with Crippen molar-refractivity contribution in [1.82, 2.24) is 14.6 Å². The Kier molecular flexibility index (Phi) is 4.95. The van der Waals surface area contributed by atoms with Gasteiger partial charge in [0.05, 0.1) is 11.3 Å². The summed E-state index contributed by atoms with van der Waals surface area (Å²) in [6.07, 6.45) is 6.64. The molecule has 0 saturated carbocycles. The van der Waals surface area contributed by atoms with E-state index in [-0.39, 0.29) is 11.8 Å². The molecule has 0 spiro atoms. The first-order valence-electron chi connectivity index (χ1n) is 7.80. The topological polar surface area (TPSA) is 96.7 Å². The third kappa shape index (κ3) is 3.27. The molecule has 0 aliphatic heterocycles. The van der Waals surface area contributed by atoms with E-state index in [1.807, 2.05) is 18.2 Å². The Morgan fingerprint density at radius 2 is 2.08 bits per heavy atom. The maximum atomic E-state index is 10.3. The molecule has 3 aromatic rings. The first kappa shape index (κ1) is 17.6. The Hall–Kier alpha value is -3.25. The van der Waals surface area contributed by atoms with Gasteiger partial charge in [-0.1, -0.05) is 48.5 Å². The lowest BCUT2D eigenvalue weighted by molar-refractivity contribution is 0.416. The Balaban J connectivity index is 2.18. The molecule has 132 valence electrons. The van der Waals surface area contributed by atoms with Crippen molar-refractivity contribution in [2.45, 2.75) is 6.42 Å². The van der Waals surface area contributed by atoms with Gasteiger partial charge in [0.1, 0.15) is 0 Å². The van der Waals surface area contributed by atoms with E-state index in [9.17, 15) is 10.2 Å². The number of hydrogen-bond acceptors (Lipinski definition) is 5. The van der Waals surface area contributed by atoms with E-state index in [2.05, 4.69) is 16.7 Å². The summed E-state index contributed by atoms with van der Waals surface area (Å²) in [4.78, 5) is 4.53. The summed E-state index contributed by atoms with van der Waals surface area (Å²) in [5.74, 6) is -0.375. The van der Waals surface area contributed by atoms with Gasteiger partial charge in [-0.15, -0.1) is 5.10 Å². The van der Waals surface area contributed by atoms with Crippen LogP contribution in [0.3, 0.4) is 0 Å².